The lowest BCUT2D eigenvalue weighted by atomic mass is 10.2. The van der Waals surface area contributed by atoms with Gasteiger partial charge in [0.25, 0.3) is 0 Å². The van der Waals surface area contributed by atoms with E-state index in [0.29, 0.717) is 28.9 Å². The minimum atomic E-state index is -0.115. The van der Waals surface area contributed by atoms with E-state index in [4.69, 9.17) is 16.0 Å². The minimum Gasteiger partial charge on any atom is -0.441 e. The summed E-state index contributed by atoms with van der Waals surface area (Å²) in [6.45, 7) is 1.87. The van der Waals surface area contributed by atoms with Gasteiger partial charge in [-0.2, -0.15) is 5.10 Å². The van der Waals surface area contributed by atoms with Crippen LogP contribution in [0, 0.1) is 6.92 Å². The van der Waals surface area contributed by atoms with E-state index in [0.717, 1.165) is 11.3 Å². The molecule has 0 unspecified atom stereocenters. The zero-order valence-electron chi connectivity index (χ0n) is 13.4. The molecule has 0 saturated carbocycles. The number of carbonyl (C=O) groups is 1. The van der Waals surface area contributed by atoms with Crippen molar-refractivity contribution < 1.29 is 9.21 Å². The lowest BCUT2D eigenvalue weighted by molar-refractivity contribution is -0.116. The molecule has 124 valence electrons. The Labute approximate surface area is 144 Å². The molecular weight excluding hydrogens is 328 g/mol. The number of halogens is 1. The highest BCUT2D eigenvalue weighted by Crippen LogP contribution is 2.28. The Hall–Kier alpha value is -2.60. The fraction of sp³-hybridized carbons (Fsp3) is 0.235. The van der Waals surface area contributed by atoms with Crippen molar-refractivity contribution in [2.45, 2.75) is 19.8 Å². The summed E-state index contributed by atoms with van der Waals surface area (Å²) in [5, 5.41) is 7.61. The van der Waals surface area contributed by atoms with Crippen LogP contribution in [0.15, 0.2) is 40.9 Å². The second kappa shape index (κ2) is 6.88. The number of oxazole rings is 1. The molecule has 0 aliphatic heterocycles. The molecule has 1 N–H and O–H groups in total. The second-order valence-electron chi connectivity index (χ2n) is 5.44. The van der Waals surface area contributed by atoms with Crippen LogP contribution in [-0.2, 0) is 18.3 Å². The van der Waals surface area contributed by atoms with E-state index in [1.165, 1.54) is 0 Å². The van der Waals surface area contributed by atoms with Crippen LogP contribution >= 0.6 is 11.6 Å². The quantitative estimate of drug-likeness (QED) is 0.767. The number of carbonyl (C=O) groups excluding carboxylic acids is 1. The molecule has 1 amide bonds. The summed E-state index contributed by atoms with van der Waals surface area (Å²) in [5.74, 6) is 1.65. The predicted molar refractivity (Wildman–Crippen MR) is 91.8 cm³/mol. The molecular formula is C17H17ClN4O2. The lowest BCUT2D eigenvalue weighted by Crippen LogP contribution is -2.14. The van der Waals surface area contributed by atoms with Crippen LogP contribution in [0.2, 0.25) is 5.02 Å². The van der Waals surface area contributed by atoms with Crippen molar-refractivity contribution in [2.24, 2.45) is 7.05 Å². The van der Waals surface area contributed by atoms with Crippen molar-refractivity contribution in [1.29, 1.82) is 0 Å². The number of nitrogens with zero attached hydrogens (tertiary/aromatic N) is 3. The second-order valence-corrected chi connectivity index (χ2v) is 5.85. The van der Waals surface area contributed by atoms with Gasteiger partial charge in [-0.25, -0.2) is 4.98 Å². The molecule has 0 spiro atoms. The number of aromatic nitrogens is 3. The zero-order valence-corrected chi connectivity index (χ0v) is 14.2. The summed E-state index contributed by atoms with van der Waals surface area (Å²) >= 11 is 6.14. The average Bonchev–Trinajstić information content (AvgIpc) is 3.13. The van der Waals surface area contributed by atoms with Crippen molar-refractivity contribution in [1.82, 2.24) is 14.8 Å². The third-order valence-electron chi connectivity index (χ3n) is 3.53. The molecule has 0 saturated heterocycles. The highest BCUT2D eigenvalue weighted by Gasteiger charge is 2.12. The maximum atomic E-state index is 12.0. The number of hydrogen-bond donors (Lipinski definition) is 1. The number of hydrogen-bond acceptors (Lipinski definition) is 4. The van der Waals surface area contributed by atoms with Crippen LogP contribution in [-0.4, -0.2) is 20.7 Å². The Bertz CT molecular complexity index is 869. The van der Waals surface area contributed by atoms with Gasteiger partial charge in [-0.15, -0.1) is 0 Å². The van der Waals surface area contributed by atoms with Crippen molar-refractivity contribution in [3.8, 4) is 11.3 Å². The highest BCUT2D eigenvalue weighted by molar-refractivity contribution is 6.33. The Morgan fingerprint density at radius 3 is 2.88 bits per heavy atom. The van der Waals surface area contributed by atoms with E-state index in [9.17, 15) is 4.79 Å². The van der Waals surface area contributed by atoms with Gasteiger partial charge in [0.1, 0.15) is 5.82 Å². The fourth-order valence-corrected chi connectivity index (χ4v) is 2.59. The topological polar surface area (TPSA) is 73.0 Å². The lowest BCUT2D eigenvalue weighted by Gasteiger charge is -2.03. The van der Waals surface area contributed by atoms with E-state index in [2.05, 4.69) is 15.4 Å². The first-order chi connectivity index (χ1) is 11.5. The first kappa shape index (κ1) is 16.3. The van der Waals surface area contributed by atoms with Crippen LogP contribution in [0.1, 0.15) is 18.0 Å². The number of rotatable bonds is 5. The summed E-state index contributed by atoms with van der Waals surface area (Å²) in [7, 11) is 1.78. The Morgan fingerprint density at radius 2 is 2.17 bits per heavy atom. The normalized spacial score (nSPS) is 10.8. The van der Waals surface area contributed by atoms with E-state index in [1.54, 1.807) is 24.0 Å². The van der Waals surface area contributed by atoms with Crippen molar-refractivity contribution >= 4 is 23.3 Å². The van der Waals surface area contributed by atoms with Crippen LogP contribution < -0.4 is 5.32 Å². The standard InChI is InChI=1S/C17H17ClN4O2/c1-11-9-15(22(2)21-11)20-16(23)7-8-17-19-10-14(24-17)12-5-3-4-6-13(12)18/h3-6,9-10H,7-8H2,1-2H3,(H,20,23). The number of aryl methyl sites for hydroxylation is 3. The summed E-state index contributed by atoms with van der Waals surface area (Å²) in [4.78, 5) is 16.2. The number of benzene rings is 1. The highest BCUT2D eigenvalue weighted by atomic mass is 35.5. The maximum Gasteiger partial charge on any atom is 0.226 e. The largest absolute Gasteiger partial charge is 0.441 e. The van der Waals surface area contributed by atoms with Crippen molar-refractivity contribution in [2.75, 3.05) is 5.32 Å². The number of nitrogens with one attached hydrogen (secondary N) is 1. The summed E-state index contributed by atoms with van der Waals surface area (Å²) in [6, 6.07) is 9.21. The SMILES string of the molecule is Cc1cc(NC(=O)CCc2ncc(-c3ccccc3Cl)o2)n(C)n1. The molecule has 3 rings (SSSR count). The van der Waals surface area contributed by atoms with Gasteiger partial charge < -0.3 is 9.73 Å². The summed E-state index contributed by atoms with van der Waals surface area (Å²) < 4.78 is 7.32. The molecule has 0 bridgehead atoms. The van der Waals surface area contributed by atoms with Crippen molar-refractivity contribution in [3.63, 3.8) is 0 Å². The third kappa shape index (κ3) is 3.65. The Balaban J connectivity index is 1.60. The van der Waals surface area contributed by atoms with Crippen molar-refractivity contribution in [3.05, 3.63) is 53.1 Å². The Kier molecular flexibility index (Phi) is 4.66. The number of amides is 1. The molecule has 0 aliphatic carbocycles. The third-order valence-corrected chi connectivity index (χ3v) is 3.86. The number of anilines is 1. The molecule has 6 nitrogen and oxygen atoms in total. The van der Waals surface area contributed by atoms with Gasteiger partial charge in [-0.05, 0) is 19.1 Å². The molecule has 1 aromatic carbocycles. The van der Waals surface area contributed by atoms with E-state index < -0.39 is 0 Å². The Morgan fingerprint density at radius 1 is 1.38 bits per heavy atom. The molecule has 0 aliphatic rings. The molecule has 0 fully saturated rings. The summed E-state index contributed by atoms with van der Waals surface area (Å²) in [5.41, 5.74) is 1.64. The molecule has 3 aromatic rings. The molecule has 0 atom stereocenters. The zero-order chi connectivity index (χ0) is 17.1. The van der Waals surface area contributed by atoms with Crippen LogP contribution in [0.5, 0.6) is 0 Å². The van der Waals surface area contributed by atoms with E-state index >= 15 is 0 Å². The first-order valence-corrected chi connectivity index (χ1v) is 7.91. The van der Waals surface area contributed by atoms with Crippen LogP contribution in [0.4, 0.5) is 5.82 Å². The molecule has 2 aromatic heterocycles. The molecule has 2 heterocycles. The van der Waals surface area contributed by atoms with E-state index in [-0.39, 0.29) is 12.3 Å². The van der Waals surface area contributed by atoms with Gasteiger partial charge in [0.2, 0.25) is 5.91 Å². The average molecular weight is 345 g/mol. The molecule has 0 radical (unpaired) electrons. The maximum absolute atomic E-state index is 12.0. The van der Waals surface area contributed by atoms with Gasteiger partial charge in [0.05, 0.1) is 16.9 Å². The van der Waals surface area contributed by atoms with Crippen LogP contribution in [0.3, 0.4) is 0 Å². The summed E-state index contributed by atoms with van der Waals surface area (Å²) in [6.07, 6.45) is 2.30. The van der Waals surface area contributed by atoms with Gasteiger partial charge in [-0.3, -0.25) is 9.48 Å². The molecule has 7 heteroatoms. The minimum absolute atomic E-state index is 0.115. The predicted octanol–water partition coefficient (Wildman–Crippen LogP) is 3.61. The monoisotopic (exact) mass is 344 g/mol. The molecule has 24 heavy (non-hydrogen) atoms. The first-order valence-electron chi connectivity index (χ1n) is 7.53. The van der Waals surface area contributed by atoms with Crippen LogP contribution in [0.25, 0.3) is 11.3 Å². The van der Waals surface area contributed by atoms with Gasteiger partial charge in [-0.1, -0.05) is 23.7 Å². The van der Waals surface area contributed by atoms with Gasteiger partial charge >= 0.3 is 0 Å². The smallest absolute Gasteiger partial charge is 0.226 e. The fourth-order valence-electron chi connectivity index (χ4n) is 2.36. The van der Waals surface area contributed by atoms with Gasteiger partial charge in [0, 0.05) is 31.5 Å². The van der Waals surface area contributed by atoms with Gasteiger partial charge in [0.15, 0.2) is 11.7 Å². The van der Waals surface area contributed by atoms with E-state index in [1.807, 2.05) is 31.2 Å².